The molecule has 1 aromatic carbocycles. The summed E-state index contributed by atoms with van der Waals surface area (Å²) in [5.74, 6) is 0.381. The molecule has 10 heteroatoms. The quantitative estimate of drug-likeness (QED) is 0.387. The number of phenols is 1. The molecular formula is C19H23FN6O3. The van der Waals surface area contributed by atoms with Gasteiger partial charge >= 0.3 is 0 Å². The third kappa shape index (κ3) is 3.57. The van der Waals surface area contributed by atoms with Crippen molar-refractivity contribution in [3.63, 3.8) is 0 Å². The number of aliphatic hydroxyl groups is 2. The Kier molecular flexibility index (Phi) is 5.22. The molecule has 2 atom stereocenters. The van der Waals surface area contributed by atoms with E-state index in [1.165, 1.54) is 22.7 Å². The van der Waals surface area contributed by atoms with E-state index in [4.69, 9.17) is 10.8 Å². The van der Waals surface area contributed by atoms with Crippen LogP contribution in [0.1, 0.15) is 36.2 Å². The van der Waals surface area contributed by atoms with E-state index in [1.807, 2.05) is 4.90 Å². The first-order valence-corrected chi connectivity index (χ1v) is 9.41. The summed E-state index contributed by atoms with van der Waals surface area (Å²) in [5.41, 5.74) is 7.18. The monoisotopic (exact) mass is 402 g/mol. The second-order valence-corrected chi connectivity index (χ2v) is 6.99. The molecule has 0 radical (unpaired) electrons. The third-order valence-electron chi connectivity index (χ3n) is 5.15. The van der Waals surface area contributed by atoms with Crippen LogP contribution >= 0.6 is 0 Å². The SMILES string of the molecule is Nc1nn2ccc(N3CCC[C@H]3c3cc(F)ccc3O)nc2c1C(O)NCCO. The number of phenolic OH excluding ortho intramolecular Hbond substituents is 1. The van der Waals surface area contributed by atoms with Gasteiger partial charge < -0.3 is 26.0 Å². The van der Waals surface area contributed by atoms with Crippen molar-refractivity contribution >= 4 is 17.3 Å². The van der Waals surface area contributed by atoms with Crippen molar-refractivity contribution in [2.75, 3.05) is 30.3 Å². The molecule has 1 aliphatic rings. The molecule has 0 aliphatic carbocycles. The van der Waals surface area contributed by atoms with Crippen molar-refractivity contribution in [3.8, 4) is 5.75 Å². The van der Waals surface area contributed by atoms with Crippen LogP contribution in [-0.2, 0) is 0 Å². The number of rotatable bonds is 6. The first kappa shape index (κ1) is 19.4. The molecule has 0 spiro atoms. The number of anilines is 2. The highest BCUT2D eigenvalue weighted by molar-refractivity contribution is 5.63. The van der Waals surface area contributed by atoms with Crippen molar-refractivity contribution < 1.29 is 19.7 Å². The minimum atomic E-state index is -1.14. The van der Waals surface area contributed by atoms with Gasteiger partial charge in [0.15, 0.2) is 11.5 Å². The first-order valence-electron chi connectivity index (χ1n) is 9.41. The van der Waals surface area contributed by atoms with Gasteiger partial charge in [-0.05, 0) is 37.1 Å². The van der Waals surface area contributed by atoms with E-state index in [2.05, 4.69) is 15.4 Å². The summed E-state index contributed by atoms with van der Waals surface area (Å²) in [7, 11) is 0. The van der Waals surface area contributed by atoms with Gasteiger partial charge in [0.05, 0.1) is 18.2 Å². The lowest BCUT2D eigenvalue weighted by Crippen LogP contribution is -2.25. The van der Waals surface area contributed by atoms with Crippen LogP contribution in [0.25, 0.3) is 5.65 Å². The van der Waals surface area contributed by atoms with E-state index in [0.29, 0.717) is 29.1 Å². The molecule has 1 fully saturated rings. The molecule has 2 aromatic heterocycles. The van der Waals surface area contributed by atoms with Crippen LogP contribution in [0.4, 0.5) is 16.0 Å². The van der Waals surface area contributed by atoms with Gasteiger partial charge in [-0.3, -0.25) is 5.32 Å². The van der Waals surface area contributed by atoms with Crippen LogP contribution in [0.5, 0.6) is 5.75 Å². The number of halogens is 1. The maximum Gasteiger partial charge on any atom is 0.166 e. The summed E-state index contributed by atoms with van der Waals surface area (Å²) in [6.07, 6.45) is 2.17. The van der Waals surface area contributed by atoms with E-state index in [1.54, 1.807) is 12.3 Å². The first-order chi connectivity index (χ1) is 14.0. The standard InChI is InChI=1S/C19H23FN6O3/c20-11-3-4-14(28)12(10-11)13-2-1-7-25(13)15-5-8-26-18(23-15)16(17(21)24-26)19(29)22-6-9-27/h3-5,8,10,13,19,22,27-29H,1-2,6-7,9H2,(H2,21,24)/t13-,19?/m0/s1. The van der Waals surface area contributed by atoms with Gasteiger partial charge in [-0.25, -0.2) is 13.9 Å². The predicted octanol–water partition coefficient (Wildman–Crippen LogP) is 1.07. The second kappa shape index (κ2) is 7.82. The fourth-order valence-corrected chi connectivity index (χ4v) is 3.84. The lowest BCUT2D eigenvalue weighted by atomic mass is 10.0. The van der Waals surface area contributed by atoms with E-state index in [9.17, 15) is 14.6 Å². The molecule has 0 saturated carbocycles. The van der Waals surface area contributed by atoms with Crippen molar-refractivity contribution in [3.05, 3.63) is 47.4 Å². The molecule has 1 aliphatic heterocycles. The molecule has 0 amide bonds. The van der Waals surface area contributed by atoms with Gasteiger partial charge in [-0.1, -0.05) is 0 Å². The van der Waals surface area contributed by atoms with Crippen LogP contribution in [0, 0.1) is 5.82 Å². The molecular weight excluding hydrogens is 379 g/mol. The Balaban J connectivity index is 1.72. The minimum absolute atomic E-state index is 0.0438. The van der Waals surface area contributed by atoms with Gasteiger partial charge in [-0.15, -0.1) is 5.10 Å². The number of nitrogens with two attached hydrogens (primary N) is 1. The third-order valence-corrected chi connectivity index (χ3v) is 5.15. The van der Waals surface area contributed by atoms with Crippen LogP contribution < -0.4 is 16.0 Å². The van der Waals surface area contributed by atoms with Crippen LogP contribution in [-0.4, -0.2) is 49.6 Å². The van der Waals surface area contributed by atoms with E-state index in [0.717, 1.165) is 12.8 Å². The zero-order chi connectivity index (χ0) is 20.5. The van der Waals surface area contributed by atoms with Crippen molar-refractivity contribution in [2.24, 2.45) is 0 Å². The molecule has 0 bridgehead atoms. The average molecular weight is 402 g/mol. The predicted molar refractivity (Wildman–Crippen MR) is 105 cm³/mol. The Morgan fingerprint density at radius 1 is 1.34 bits per heavy atom. The number of nitrogens with one attached hydrogen (secondary N) is 1. The number of hydrogen-bond acceptors (Lipinski definition) is 8. The summed E-state index contributed by atoms with van der Waals surface area (Å²) in [4.78, 5) is 6.64. The Bertz CT molecular complexity index is 1030. The van der Waals surface area contributed by atoms with Crippen molar-refractivity contribution in [1.29, 1.82) is 0 Å². The van der Waals surface area contributed by atoms with Gasteiger partial charge in [0.1, 0.15) is 23.6 Å². The number of aliphatic hydroxyl groups excluding tert-OH is 2. The van der Waals surface area contributed by atoms with Crippen molar-refractivity contribution in [1.82, 2.24) is 19.9 Å². The number of nitrogen functional groups attached to an aromatic ring is 1. The maximum absolute atomic E-state index is 13.8. The number of benzene rings is 1. The number of nitrogens with zero attached hydrogens (tertiary/aromatic N) is 4. The van der Waals surface area contributed by atoms with Crippen LogP contribution in [0.3, 0.4) is 0 Å². The topological polar surface area (TPSA) is 132 Å². The zero-order valence-corrected chi connectivity index (χ0v) is 15.7. The molecule has 6 N–H and O–H groups in total. The largest absolute Gasteiger partial charge is 0.508 e. The molecule has 9 nitrogen and oxygen atoms in total. The lowest BCUT2D eigenvalue weighted by Gasteiger charge is -2.26. The number of aromatic hydroxyl groups is 1. The van der Waals surface area contributed by atoms with E-state index >= 15 is 0 Å². The van der Waals surface area contributed by atoms with Crippen LogP contribution in [0.15, 0.2) is 30.5 Å². The van der Waals surface area contributed by atoms with Gasteiger partial charge in [0, 0.05) is 24.8 Å². The van der Waals surface area contributed by atoms with Gasteiger partial charge in [0.2, 0.25) is 0 Å². The Morgan fingerprint density at radius 2 is 2.17 bits per heavy atom. The maximum atomic E-state index is 13.8. The molecule has 3 heterocycles. The highest BCUT2D eigenvalue weighted by Gasteiger charge is 2.30. The summed E-state index contributed by atoms with van der Waals surface area (Å²) < 4.78 is 15.2. The molecule has 29 heavy (non-hydrogen) atoms. The smallest absolute Gasteiger partial charge is 0.166 e. The molecule has 1 saturated heterocycles. The van der Waals surface area contributed by atoms with Crippen LogP contribution in [0.2, 0.25) is 0 Å². The Hall–Kier alpha value is -2.95. The molecule has 1 unspecified atom stereocenters. The summed E-state index contributed by atoms with van der Waals surface area (Å²) in [5, 5.41) is 36.5. The molecule has 154 valence electrons. The summed E-state index contributed by atoms with van der Waals surface area (Å²) in [6.45, 7) is 0.736. The Morgan fingerprint density at radius 3 is 2.97 bits per heavy atom. The summed E-state index contributed by atoms with van der Waals surface area (Å²) in [6, 6.07) is 5.48. The minimum Gasteiger partial charge on any atom is -0.508 e. The Labute approximate surface area is 166 Å². The number of hydrogen-bond donors (Lipinski definition) is 5. The zero-order valence-electron chi connectivity index (χ0n) is 15.7. The average Bonchev–Trinajstić information content (AvgIpc) is 3.31. The lowest BCUT2D eigenvalue weighted by molar-refractivity contribution is 0.131. The van der Waals surface area contributed by atoms with Gasteiger partial charge in [-0.2, -0.15) is 0 Å². The highest BCUT2D eigenvalue weighted by atomic mass is 19.1. The van der Waals surface area contributed by atoms with Crippen molar-refractivity contribution in [2.45, 2.75) is 25.1 Å². The summed E-state index contributed by atoms with van der Waals surface area (Å²) >= 11 is 0. The fraction of sp³-hybridized carbons (Fsp3) is 0.368. The number of fused-ring (bicyclic) bond motifs is 1. The normalized spacial score (nSPS) is 17.9. The highest BCUT2D eigenvalue weighted by Crippen LogP contribution is 2.39. The fourth-order valence-electron chi connectivity index (χ4n) is 3.84. The van der Waals surface area contributed by atoms with E-state index < -0.39 is 12.0 Å². The second-order valence-electron chi connectivity index (χ2n) is 6.99. The molecule has 3 aromatic rings. The molecule has 4 rings (SSSR count). The number of aromatic nitrogens is 3. The van der Waals surface area contributed by atoms with E-state index in [-0.39, 0.29) is 30.8 Å². The van der Waals surface area contributed by atoms with Gasteiger partial charge in [0.25, 0.3) is 0 Å².